The molecule has 7 heteroatoms. The summed E-state index contributed by atoms with van der Waals surface area (Å²) in [7, 11) is 0. The molecule has 1 atom stereocenters. The highest BCUT2D eigenvalue weighted by Crippen LogP contribution is 2.19. The Morgan fingerprint density at radius 1 is 1.03 bits per heavy atom. The van der Waals surface area contributed by atoms with E-state index in [-0.39, 0.29) is 12.1 Å². The molecule has 4 rings (SSSR count). The van der Waals surface area contributed by atoms with Crippen LogP contribution >= 0.6 is 0 Å². The number of piperazine rings is 1. The molecular weight excluding hydrogens is 364 g/mol. The summed E-state index contributed by atoms with van der Waals surface area (Å²) in [6.07, 6.45) is 3.17. The molecule has 29 heavy (non-hydrogen) atoms. The number of benzene rings is 2. The van der Waals surface area contributed by atoms with Gasteiger partial charge >= 0.3 is 6.03 Å². The number of aromatic nitrogens is 3. The number of amides is 2. The molecule has 1 unspecified atom stereocenters. The molecule has 2 heterocycles. The Labute approximate surface area is 171 Å². The summed E-state index contributed by atoms with van der Waals surface area (Å²) >= 11 is 0. The number of carbonyl (C=O) groups is 1. The minimum atomic E-state index is -0.0675. The number of nitrogens with zero attached hydrogens (tertiary/aromatic N) is 5. The summed E-state index contributed by atoms with van der Waals surface area (Å²) in [5, 5.41) is 7.25. The van der Waals surface area contributed by atoms with Crippen molar-refractivity contribution in [3.8, 4) is 5.69 Å². The molecule has 0 aliphatic carbocycles. The van der Waals surface area contributed by atoms with Gasteiger partial charge in [0.15, 0.2) is 0 Å². The van der Waals surface area contributed by atoms with Crippen LogP contribution in [0, 0.1) is 6.92 Å². The SMILES string of the molecule is Cc1cccc(N2CCN(C(=O)NC(C)c3ccc(-n4cncn4)cc3)CC2)c1. The standard InChI is InChI=1S/C22H26N6O/c1-17-4-3-5-21(14-17)26-10-12-27(13-11-26)22(29)25-18(2)19-6-8-20(9-7-19)28-16-23-15-24-28/h3-9,14-16,18H,10-13H2,1-2H3,(H,25,29). The largest absolute Gasteiger partial charge is 0.368 e. The van der Waals surface area contributed by atoms with Gasteiger partial charge in [0.05, 0.1) is 11.7 Å². The first-order chi connectivity index (χ1) is 14.1. The number of nitrogens with one attached hydrogen (secondary N) is 1. The lowest BCUT2D eigenvalue weighted by Gasteiger charge is -2.36. The fraction of sp³-hybridized carbons (Fsp3) is 0.318. The third-order valence-electron chi connectivity index (χ3n) is 5.35. The van der Waals surface area contributed by atoms with E-state index >= 15 is 0 Å². The Kier molecular flexibility index (Phi) is 5.46. The minimum Gasteiger partial charge on any atom is -0.368 e. The maximum absolute atomic E-state index is 12.7. The summed E-state index contributed by atoms with van der Waals surface area (Å²) in [6, 6.07) is 16.4. The number of hydrogen-bond donors (Lipinski definition) is 1. The molecule has 0 saturated carbocycles. The van der Waals surface area contributed by atoms with Crippen molar-refractivity contribution < 1.29 is 4.79 Å². The number of anilines is 1. The zero-order valence-corrected chi connectivity index (χ0v) is 16.8. The van der Waals surface area contributed by atoms with Crippen molar-refractivity contribution in [1.29, 1.82) is 0 Å². The van der Waals surface area contributed by atoms with Gasteiger partial charge in [-0.1, -0.05) is 24.3 Å². The van der Waals surface area contributed by atoms with Crippen molar-refractivity contribution in [3.05, 3.63) is 72.3 Å². The Morgan fingerprint density at radius 3 is 2.45 bits per heavy atom. The van der Waals surface area contributed by atoms with Crippen LogP contribution in [0.2, 0.25) is 0 Å². The molecule has 150 valence electrons. The predicted molar refractivity (Wildman–Crippen MR) is 113 cm³/mol. The topological polar surface area (TPSA) is 66.3 Å². The van der Waals surface area contributed by atoms with E-state index in [0.29, 0.717) is 0 Å². The quantitative estimate of drug-likeness (QED) is 0.743. The second kappa shape index (κ2) is 8.34. The van der Waals surface area contributed by atoms with Crippen LogP contribution in [-0.4, -0.2) is 51.9 Å². The average molecular weight is 390 g/mol. The van der Waals surface area contributed by atoms with Gasteiger partial charge in [-0.3, -0.25) is 0 Å². The molecule has 7 nitrogen and oxygen atoms in total. The zero-order chi connectivity index (χ0) is 20.2. The summed E-state index contributed by atoms with van der Waals surface area (Å²) in [5.41, 5.74) is 4.48. The third-order valence-corrected chi connectivity index (χ3v) is 5.35. The lowest BCUT2D eigenvalue weighted by molar-refractivity contribution is 0.191. The van der Waals surface area contributed by atoms with Crippen LogP contribution in [0.4, 0.5) is 10.5 Å². The van der Waals surface area contributed by atoms with Gasteiger partial charge in [0, 0.05) is 31.9 Å². The molecule has 2 amide bonds. The highest BCUT2D eigenvalue weighted by Gasteiger charge is 2.22. The van der Waals surface area contributed by atoms with E-state index in [1.165, 1.54) is 17.6 Å². The molecule has 0 radical (unpaired) electrons. The first kappa shape index (κ1) is 19.0. The van der Waals surface area contributed by atoms with Crippen LogP contribution in [0.1, 0.15) is 24.1 Å². The molecule has 1 aliphatic rings. The Balaban J connectivity index is 1.31. The Bertz CT molecular complexity index is 946. The predicted octanol–water partition coefficient (Wildman–Crippen LogP) is 3.17. The fourth-order valence-electron chi connectivity index (χ4n) is 3.61. The summed E-state index contributed by atoms with van der Waals surface area (Å²) < 4.78 is 1.71. The van der Waals surface area contributed by atoms with Crippen molar-refractivity contribution in [1.82, 2.24) is 25.0 Å². The number of hydrogen-bond acceptors (Lipinski definition) is 4. The average Bonchev–Trinajstić information content (AvgIpc) is 3.29. The van der Waals surface area contributed by atoms with Gasteiger partial charge in [-0.15, -0.1) is 0 Å². The van der Waals surface area contributed by atoms with Crippen molar-refractivity contribution in [2.24, 2.45) is 0 Å². The number of urea groups is 1. The van der Waals surface area contributed by atoms with Gasteiger partial charge < -0.3 is 15.1 Å². The smallest absolute Gasteiger partial charge is 0.317 e. The van der Waals surface area contributed by atoms with Crippen LogP contribution in [0.15, 0.2) is 61.2 Å². The maximum atomic E-state index is 12.7. The van der Waals surface area contributed by atoms with Crippen molar-refractivity contribution in [3.63, 3.8) is 0 Å². The summed E-state index contributed by atoms with van der Waals surface area (Å²) in [4.78, 5) is 20.9. The molecule has 1 fully saturated rings. The molecule has 1 saturated heterocycles. The van der Waals surface area contributed by atoms with Gasteiger partial charge in [-0.25, -0.2) is 14.5 Å². The Hall–Kier alpha value is -3.35. The summed E-state index contributed by atoms with van der Waals surface area (Å²) in [6.45, 7) is 7.24. The molecule has 1 aromatic heterocycles. The monoisotopic (exact) mass is 390 g/mol. The van der Waals surface area contributed by atoms with Crippen LogP contribution < -0.4 is 10.2 Å². The van der Waals surface area contributed by atoms with Gasteiger partial charge in [0.25, 0.3) is 0 Å². The molecule has 3 aromatic rings. The van der Waals surface area contributed by atoms with Gasteiger partial charge in [0.2, 0.25) is 0 Å². The first-order valence-corrected chi connectivity index (χ1v) is 9.92. The first-order valence-electron chi connectivity index (χ1n) is 9.92. The van der Waals surface area contributed by atoms with Crippen LogP contribution in [0.5, 0.6) is 0 Å². The molecule has 1 aliphatic heterocycles. The highest BCUT2D eigenvalue weighted by atomic mass is 16.2. The lowest BCUT2D eigenvalue weighted by atomic mass is 10.1. The van der Waals surface area contributed by atoms with E-state index in [9.17, 15) is 4.79 Å². The highest BCUT2D eigenvalue weighted by molar-refractivity contribution is 5.75. The van der Waals surface area contributed by atoms with E-state index in [0.717, 1.165) is 37.4 Å². The van der Waals surface area contributed by atoms with E-state index in [2.05, 4.69) is 51.5 Å². The summed E-state index contributed by atoms with van der Waals surface area (Å²) in [5.74, 6) is 0. The van der Waals surface area contributed by atoms with E-state index in [1.807, 2.05) is 36.1 Å². The second-order valence-electron chi connectivity index (χ2n) is 7.42. The molecule has 2 aromatic carbocycles. The van der Waals surface area contributed by atoms with Crippen molar-refractivity contribution >= 4 is 11.7 Å². The van der Waals surface area contributed by atoms with Gasteiger partial charge in [-0.2, -0.15) is 5.10 Å². The fourth-order valence-corrected chi connectivity index (χ4v) is 3.61. The van der Waals surface area contributed by atoms with E-state index in [1.54, 1.807) is 11.0 Å². The van der Waals surface area contributed by atoms with Gasteiger partial charge in [-0.05, 0) is 49.2 Å². The molecular formula is C22H26N6O. The molecule has 0 bridgehead atoms. The molecule has 0 spiro atoms. The van der Waals surface area contributed by atoms with E-state index < -0.39 is 0 Å². The number of rotatable bonds is 4. The van der Waals surface area contributed by atoms with Crippen molar-refractivity contribution in [2.45, 2.75) is 19.9 Å². The second-order valence-corrected chi connectivity index (χ2v) is 7.42. The van der Waals surface area contributed by atoms with Crippen LogP contribution in [0.3, 0.4) is 0 Å². The number of aryl methyl sites for hydroxylation is 1. The van der Waals surface area contributed by atoms with Crippen molar-refractivity contribution in [2.75, 3.05) is 31.1 Å². The van der Waals surface area contributed by atoms with Crippen LogP contribution in [-0.2, 0) is 0 Å². The normalized spacial score (nSPS) is 15.2. The molecule has 1 N–H and O–H groups in total. The van der Waals surface area contributed by atoms with E-state index in [4.69, 9.17) is 0 Å². The number of carbonyl (C=O) groups excluding carboxylic acids is 1. The maximum Gasteiger partial charge on any atom is 0.317 e. The minimum absolute atomic E-state index is 0.0123. The van der Waals surface area contributed by atoms with Gasteiger partial charge in [0.1, 0.15) is 12.7 Å². The lowest BCUT2D eigenvalue weighted by Crippen LogP contribution is -2.52. The third kappa shape index (κ3) is 4.39. The zero-order valence-electron chi connectivity index (χ0n) is 16.8. The van der Waals surface area contributed by atoms with Crippen LogP contribution in [0.25, 0.3) is 5.69 Å². The Morgan fingerprint density at radius 2 is 1.79 bits per heavy atom.